The van der Waals surface area contributed by atoms with E-state index in [1.165, 1.54) is 0 Å². The van der Waals surface area contributed by atoms with Crippen molar-refractivity contribution < 1.29 is 64.2 Å². The maximum Gasteiger partial charge on any atom is 2.00 e. The topological polar surface area (TPSA) is 0 Å². The van der Waals surface area contributed by atoms with E-state index in [-0.39, 0.29) is 51.0 Å². The van der Waals surface area contributed by atoms with Gasteiger partial charge in [0.1, 0.15) is 0 Å². The number of hydrogen-bond acceptors (Lipinski definition) is 0. The SMILES string of the molecule is F[C-](F)F.[Cl-].[Cl-].[Zr+2].c1cc[cH-]c1.c1cc[cH-]c1. The Balaban J connectivity index is -0.0000000692. The van der Waals surface area contributed by atoms with Crippen LogP contribution in [0, 0.1) is 6.68 Å². The van der Waals surface area contributed by atoms with Crippen LogP contribution < -0.4 is 24.8 Å². The van der Waals surface area contributed by atoms with Crippen LogP contribution >= 0.6 is 0 Å². The van der Waals surface area contributed by atoms with E-state index < -0.39 is 6.68 Å². The van der Waals surface area contributed by atoms with E-state index in [2.05, 4.69) is 0 Å². The number of halogens is 5. The smallest absolute Gasteiger partial charge is 1.00 e. The first-order valence-electron chi connectivity index (χ1n) is 3.90. The fraction of sp³-hybridized carbons (Fsp3) is 0. The zero-order valence-electron chi connectivity index (χ0n) is 8.66. The van der Waals surface area contributed by atoms with Crippen LogP contribution in [0.5, 0.6) is 0 Å². The molecule has 0 N–H and O–H groups in total. The summed E-state index contributed by atoms with van der Waals surface area (Å²) in [5.41, 5.74) is 0. The van der Waals surface area contributed by atoms with Crippen molar-refractivity contribution in [2.24, 2.45) is 0 Å². The molecule has 0 saturated carbocycles. The molecule has 2 rings (SSSR count). The standard InChI is InChI=1S/2C5H5.CF3.2ClH.Zr/c2*1-2-4-5-3-1;2-1(3)4;;;/h2*1-5H;;2*1H;/q3*-1;;;+2/p-2. The molecule has 0 aromatic heterocycles. The van der Waals surface area contributed by atoms with Gasteiger partial charge in [0.25, 0.3) is 0 Å². The van der Waals surface area contributed by atoms with Crippen LogP contribution in [0.15, 0.2) is 60.7 Å². The van der Waals surface area contributed by atoms with Gasteiger partial charge < -0.3 is 38.0 Å². The van der Waals surface area contributed by atoms with Crippen molar-refractivity contribution in [3.63, 3.8) is 0 Å². The summed E-state index contributed by atoms with van der Waals surface area (Å²) in [6, 6.07) is 20.0. The van der Waals surface area contributed by atoms with Gasteiger partial charge in [-0.2, -0.15) is 36.4 Å². The van der Waals surface area contributed by atoms with Crippen molar-refractivity contribution in [2.45, 2.75) is 0 Å². The predicted octanol–water partition coefficient (Wildman–Crippen LogP) is -1.84. The molecule has 6 heteroatoms. The summed E-state index contributed by atoms with van der Waals surface area (Å²) in [6.45, 7) is -3.08. The van der Waals surface area contributed by atoms with E-state index >= 15 is 0 Å². The van der Waals surface area contributed by atoms with Gasteiger partial charge >= 0.3 is 26.2 Å². The molecule has 0 amide bonds. The zero-order chi connectivity index (χ0) is 10.6. The summed E-state index contributed by atoms with van der Waals surface area (Å²) in [4.78, 5) is 0. The minimum Gasteiger partial charge on any atom is -1.00 e. The van der Waals surface area contributed by atoms with Crippen molar-refractivity contribution in [3.8, 4) is 0 Å². The first-order valence-corrected chi connectivity index (χ1v) is 3.90. The summed E-state index contributed by atoms with van der Waals surface area (Å²) in [7, 11) is 0. The molecule has 0 atom stereocenters. The van der Waals surface area contributed by atoms with Crippen molar-refractivity contribution in [1.82, 2.24) is 0 Å². The second kappa shape index (κ2) is 21.3. The van der Waals surface area contributed by atoms with Gasteiger partial charge in [0, 0.05) is 0 Å². The van der Waals surface area contributed by atoms with E-state index in [1.807, 2.05) is 60.7 Å². The molecule has 0 fully saturated rings. The molecule has 0 saturated heterocycles. The van der Waals surface area contributed by atoms with Crippen LogP contribution in [0.4, 0.5) is 13.2 Å². The molecule has 0 aliphatic carbocycles. The first kappa shape index (κ1) is 25.7. The molecule has 0 unspecified atom stereocenters. The average molecular weight is 361 g/mol. The van der Waals surface area contributed by atoms with E-state index in [0.29, 0.717) is 0 Å². The van der Waals surface area contributed by atoms with Gasteiger partial charge in [-0.15, -0.1) is 0 Å². The largest absolute Gasteiger partial charge is 2.00 e. The minimum absolute atomic E-state index is 0. The Morgan fingerprint density at radius 2 is 0.824 bits per heavy atom. The second-order valence-corrected chi connectivity index (χ2v) is 2.14. The van der Waals surface area contributed by atoms with Crippen molar-refractivity contribution in [3.05, 3.63) is 67.3 Å². The van der Waals surface area contributed by atoms with Gasteiger partial charge in [-0.1, -0.05) is 0 Å². The number of rotatable bonds is 0. The van der Waals surface area contributed by atoms with Crippen LogP contribution in [0.25, 0.3) is 0 Å². The molecule has 2 aromatic carbocycles. The Kier molecular flexibility index (Phi) is 32.2. The van der Waals surface area contributed by atoms with E-state index in [4.69, 9.17) is 0 Å². The van der Waals surface area contributed by atoms with E-state index in [0.717, 1.165) is 0 Å². The van der Waals surface area contributed by atoms with Crippen molar-refractivity contribution >= 4 is 0 Å². The van der Waals surface area contributed by atoms with E-state index in [1.54, 1.807) is 0 Å². The van der Waals surface area contributed by atoms with Gasteiger partial charge in [0.2, 0.25) is 0 Å². The summed E-state index contributed by atoms with van der Waals surface area (Å²) in [5, 5.41) is 0. The maximum atomic E-state index is 9.58. The van der Waals surface area contributed by atoms with Crippen molar-refractivity contribution in [1.29, 1.82) is 0 Å². The Bertz CT molecular complexity index is 197. The zero-order valence-corrected chi connectivity index (χ0v) is 12.6. The normalized spacial score (nSPS) is 6.82. The third-order valence-electron chi connectivity index (χ3n) is 1.11. The first-order chi connectivity index (χ1) is 6.73. The monoisotopic (exact) mass is 359 g/mol. The third kappa shape index (κ3) is 31.4. The summed E-state index contributed by atoms with van der Waals surface area (Å²) >= 11 is 0. The molecule has 0 radical (unpaired) electrons. The average Bonchev–Trinajstić information content (AvgIpc) is 2.83. The van der Waals surface area contributed by atoms with E-state index in [9.17, 15) is 13.2 Å². The molecule has 17 heavy (non-hydrogen) atoms. The molecule has 0 aliphatic rings. The third-order valence-corrected chi connectivity index (χ3v) is 1.11. The van der Waals surface area contributed by atoms with Crippen LogP contribution in [0.2, 0.25) is 0 Å². The number of hydrogen-bond donors (Lipinski definition) is 0. The Morgan fingerprint density at radius 3 is 0.882 bits per heavy atom. The van der Waals surface area contributed by atoms with Crippen molar-refractivity contribution in [2.75, 3.05) is 0 Å². The van der Waals surface area contributed by atoms with Gasteiger partial charge in [-0.3, -0.25) is 0 Å². The molecular weight excluding hydrogens is 351 g/mol. The predicted molar refractivity (Wildman–Crippen MR) is 50.6 cm³/mol. The minimum atomic E-state index is -3.08. The van der Waals surface area contributed by atoms with Crippen LogP contribution in [-0.4, -0.2) is 0 Å². The fourth-order valence-corrected chi connectivity index (χ4v) is 0.642. The molecular formula is C11H10Cl2F3Zr-3. The van der Waals surface area contributed by atoms with Crippen LogP contribution in [0.1, 0.15) is 0 Å². The van der Waals surface area contributed by atoms with Gasteiger partial charge in [-0.05, 0) is 0 Å². The molecule has 96 valence electrons. The quantitative estimate of drug-likeness (QED) is 0.484. The van der Waals surface area contributed by atoms with Gasteiger partial charge in [0.15, 0.2) is 6.68 Å². The van der Waals surface area contributed by atoms with Gasteiger partial charge in [-0.25, -0.2) is 24.3 Å². The molecule has 2 aromatic rings. The second-order valence-electron chi connectivity index (χ2n) is 2.14. The van der Waals surface area contributed by atoms with Crippen LogP contribution in [-0.2, 0) is 26.2 Å². The Hall–Kier alpha value is -0.0469. The molecule has 0 bridgehead atoms. The van der Waals surface area contributed by atoms with Crippen LogP contribution in [0.3, 0.4) is 0 Å². The summed E-state index contributed by atoms with van der Waals surface area (Å²) < 4.78 is 28.8. The molecule has 0 heterocycles. The summed E-state index contributed by atoms with van der Waals surface area (Å²) in [6.07, 6.45) is 0. The van der Waals surface area contributed by atoms with Gasteiger partial charge in [0.05, 0.1) is 0 Å². The Morgan fingerprint density at radius 1 is 0.647 bits per heavy atom. The molecule has 0 nitrogen and oxygen atoms in total. The Labute approximate surface area is 131 Å². The summed E-state index contributed by atoms with van der Waals surface area (Å²) in [5.74, 6) is 0. The molecule has 0 aliphatic heterocycles. The fourth-order valence-electron chi connectivity index (χ4n) is 0.642. The maximum absolute atomic E-state index is 9.58. The molecule has 0 spiro atoms.